The number of imidazole rings is 1. The van der Waals surface area contributed by atoms with Crippen molar-refractivity contribution in [2.24, 2.45) is 0 Å². The zero-order chi connectivity index (χ0) is 15.7. The fraction of sp³-hybridized carbons (Fsp3) is 0.278. The maximum absolute atomic E-state index is 5.77. The molecule has 1 heterocycles. The average Bonchev–Trinajstić information content (AvgIpc) is 2.90. The Labute approximate surface area is 130 Å². The van der Waals surface area contributed by atoms with Crippen molar-refractivity contribution in [2.75, 3.05) is 13.7 Å². The Morgan fingerprint density at radius 2 is 1.91 bits per heavy atom. The number of aromatic nitrogens is 2. The number of ether oxygens (including phenoxy) is 2. The molecule has 1 aromatic heterocycles. The summed E-state index contributed by atoms with van der Waals surface area (Å²) in [7, 11) is 1.65. The lowest BCUT2D eigenvalue weighted by Gasteiger charge is -2.12. The summed E-state index contributed by atoms with van der Waals surface area (Å²) in [6.07, 6.45) is 0. The highest BCUT2D eigenvalue weighted by Gasteiger charge is 2.15. The van der Waals surface area contributed by atoms with Crippen LogP contribution in [0, 0.1) is 13.8 Å². The zero-order valence-electron chi connectivity index (χ0n) is 13.4. The fourth-order valence-corrected chi connectivity index (χ4v) is 2.55. The van der Waals surface area contributed by atoms with Gasteiger partial charge in [0.2, 0.25) is 0 Å². The van der Waals surface area contributed by atoms with E-state index < -0.39 is 0 Å². The van der Waals surface area contributed by atoms with E-state index in [-0.39, 0.29) is 0 Å². The lowest BCUT2D eigenvalue weighted by Crippen LogP contribution is -1.98. The number of rotatable bonds is 4. The standard InChI is InChI=1S/C18H20N2O2/c1-5-22-17-13(7-6-8-16(17)21-4)18-19-14-9-11(2)12(3)10-15(14)20-18/h6-10H,5H2,1-4H3,(H,19,20). The number of benzene rings is 2. The largest absolute Gasteiger partial charge is 0.493 e. The molecule has 4 heteroatoms. The molecule has 0 amide bonds. The highest BCUT2D eigenvalue weighted by Crippen LogP contribution is 2.37. The van der Waals surface area contributed by atoms with Gasteiger partial charge in [0.25, 0.3) is 0 Å². The molecule has 0 aliphatic heterocycles. The van der Waals surface area contributed by atoms with Gasteiger partial charge < -0.3 is 14.5 Å². The summed E-state index contributed by atoms with van der Waals surface area (Å²) >= 11 is 0. The topological polar surface area (TPSA) is 47.1 Å². The molecule has 114 valence electrons. The van der Waals surface area contributed by atoms with Gasteiger partial charge in [-0.05, 0) is 56.2 Å². The summed E-state index contributed by atoms with van der Waals surface area (Å²) in [5.74, 6) is 2.23. The Morgan fingerprint density at radius 1 is 1.14 bits per heavy atom. The minimum Gasteiger partial charge on any atom is -0.493 e. The smallest absolute Gasteiger partial charge is 0.172 e. The first-order chi connectivity index (χ1) is 10.6. The molecule has 0 unspecified atom stereocenters. The van der Waals surface area contributed by atoms with Crippen molar-refractivity contribution in [3.05, 3.63) is 41.5 Å². The Kier molecular flexibility index (Phi) is 3.75. The van der Waals surface area contributed by atoms with Gasteiger partial charge in [-0.3, -0.25) is 0 Å². The van der Waals surface area contributed by atoms with Crippen LogP contribution in [0.15, 0.2) is 30.3 Å². The minimum absolute atomic E-state index is 0.575. The molecule has 0 spiro atoms. The summed E-state index contributed by atoms with van der Waals surface area (Å²) in [6, 6.07) is 10.1. The van der Waals surface area contributed by atoms with Gasteiger partial charge in [-0.1, -0.05) is 6.07 Å². The number of methoxy groups -OCH3 is 1. The van der Waals surface area contributed by atoms with E-state index in [2.05, 4.69) is 31.0 Å². The summed E-state index contributed by atoms with van der Waals surface area (Å²) in [5, 5.41) is 0. The number of para-hydroxylation sites is 1. The second-order valence-electron chi connectivity index (χ2n) is 5.31. The Hall–Kier alpha value is -2.49. The molecule has 0 saturated heterocycles. The minimum atomic E-state index is 0.575. The molecule has 3 rings (SSSR count). The van der Waals surface area contributed by atoms with E-state index >= 15 is 0 Å². The summed E-state index contributed by atoms with van der Waals surface area (Å²) in [4.78, 5) is 8.10. The third kappa shape index (κ3) is 2.41. The molecule has 2 aromatic carbocycles. The molecule has 0 fully saturated rings. The number of fused-ring (bicyclic) bond motifs is 1. The van der Waals surface area contributed by atoms with Gasteiger partial charge >= 0.3 is 0 Å². The van der Waals surface area contributed by atoms with E-state index in [4.69, 9.17) is 14.5 Å². The Bertz CT molecular complexity index is 782. The maximum Gasteiger partial charge on any atom is 0.172 e. The molecule has 1 N–H and O–H groups in total. The highest BCUT2D eigenvalue weighted by atomic mass is 16.5. The van der Waals surface area contributed by atoms with Crippen LogP contribution >= 0.6 is 0 Å². The summed E-state index contributed by atoms with van der Waals surface area (Å²) < 4.78 is 11.2. The molecule has 22 heavy (non-hydrogen) atoms. The van der Waals surface area contributed by atoms with Gasteiger partial charge in [0.15, 0.2) is 11.5 Å². The highest BCUT2D eigenvalue weighted by molar-refractivity contribution is 5.82. The Balaban J connectivity index is 2.18. The molecule has 0 bridgehead atoms. The van der Waals surface area contributed by atoms with Crippen LogP contribution in [-0.4, -0.2) is 23.7 Å². The first kappa shape index (κ1) is 14.4. The maximum atomic E-state index is 5.77. The average molecular weight is 296 g/mol. The van der Waals surface area contributed by atoms with Gasteiger partial charge in [-0.25, -0.2) is 4.98 Å². The first-order valence-corrected chi connectivity index (χ1v) is 7.41. The molecular formula is C18H20N2O2. The van der Waals surface area contributed by atoms with Gasteiger partial charge in [-0.2, -0.15) is 0 Å². The van der Waals surface area contributed by atoms with Crippen LogP contribution in [0.4, 0.5) is 0 Å². The van der Waals surface area contributed by atoms with E-state index in [0.29, 0.717) is 12.4 Å². The lowest BCUT2D eigenvalue weighted by molar-refractivity contribution is 0.312. The van der Waals surface area contributed by atoms with Crippen LogP contribution in [-0.2, 0) is 0 Å². The van der Waals surface area contributed by atoms with Crippen LogP contribution in [0.3, 0.4) is 0 Å². The molecule has 3 aromatic rings. The van der Waals surface area contributed by atoms with Crippen molar-refractivity contribution in [3.63, 3.8) is 0 Å². The van der Waals surface area contributed by atoms with E-state index in [1.54, 1.807) is 7.11 Å². The monoisotopic (exact) mass is 296 g/mol. The number of aromatic amines is 1. The predicted molar refractivity (Wildman–Crippen MR) is 88.7 cm³/mol. The van der Waals surface area contributed by atoms with Crippen molar-refractivity contribution in [1.82, 2.24) is 9.97 Å². The van der Waals surface area contributed by atoms with Crippen molar-refractivity contribution in [2.45, 2.75) is 20.8 Å². The number of aryl methyl sites for hydroxylation is 2. The molecular weight excluding hydrogens is 276 g/mol. The van der Waals surface area contributed by atoms with Crippen LogP contribution in [0.1, 0.15) is 18.1 Å². The predicted octanol–water partition coefficient (Wildman–Crippen LogP) is 4.25. The number of hydrogen-bond donors (Lipinski definition) is 1. The Morgan fingerprint density at radius 3 is 2.64 bits per heavy atom. The van der Waals surface area contributed by atoms with Crippen LogP contribution < -0.4 is 9.47 Å². The summed E-state index contributed by atoms with van der Waals surface area (Å²) in [6.45, 7) is 6.74. The fourth-order valence-electron chi connectivity index (χ4n) is 2.55. The van der Waals surface area contributed by atoms with Crippen molar-refractivity contribution < 1.29 is 9.47 Å². The third-order valence-electron chi connectivity index (χ3n) is 3.84. The molecule has 0 aliphatic rings. The SMILES string of the molecule is CCOc1c(OC)cccc1-c1nc2cc(C)c(C)cc2[nH]1. The molecule has 4 nitrogen and oxygen atoms in total. The quantitative estimate of drug-likeness (QED) is 0.782. The van der Waals surface area contributed by atoms with Crippen LogP contribution in [0.5, 0.6) is 11.5 Å². The van der Waals surface area contributed by atoms with E-state index in [9.17, 15) is 0 Å². The normalized spacial score (nSPS) is 10.9. The van der Waals surface area contributed by atoms with Crippen molar-refractivity contribution in [1.29, 1.82) is 0 Å². The van der Waals surface area contributed by atoms with Gasteiger partial charge in [-0.15, -0.1) is 0 Å². The number of H-pyrrole nitrogens is 1. The third-order valence-corrected chi connectivity index (χ3v) is 3.84. The van der Waals surface area contributed by atoms with Crippen molar-refractivity contribution in [3.8, 4) is 22.9 Å². The number of hydrogen-bond acceptors (Lipinski definition) is 3. The zero-order valence-corrected chi connectivity index (χ0v) is 13.4. The molecule has 0 radical (unpaired) electrons. The van der Waals surface area contributed by atoms with E-state index in [1.807, 2.05) is 25.1 Å². The van der Waals surface area contributed by atoms with Crippen LogP contribution in [0.2, 0.25) is 0 Å². The molecule has 0 aliphatic carbocycles. The van der Waals surface area contributed by atoms with Gasteiger partial charge in [0, 0.05) is 0 Å². The molecule has 0 atom stereocenters. The second-order valence-corrected chi connectivity index (χ2v) is 5.31. The van der Waals surface area contributed by atoms with Gasteiger partial charge in [0.05, 0.1) is 30.3 Å². The van der Waals surface area contributed by atoms with Gasteiger partial charge in [0.1, 0.15) is 5.82 Å². The summed E-state index contributed by atoms with van der Waals surface area (Å²) in [5.41, 5.74) is 5.39. The van der Waals surface area contributed by atoms with E-state index in [1.165, 1.54) is 11.1 Å². The first-order valence-electron chi connectivity index (χ1n) is 7.41. The lowest BCUT2D eigenvalue weighted by atomic mass is 10.1. The number of nitrogens with zero attached hydrogens (tertiary/aromatic N) is 1. The molecule has 0 saturated carbocycles. The van der Waals surface area contributed by atoms with Crippen LogP contribution in [0.25, 0.3) is 22.4 Å². The van der Waals surface area contributed by atoms with Crippen molar-refractivity contribution >= 4 is 11.0 Å². The number of nitrogens with one attached hydrogen (secondary N) is 1. The second kappa shape index (κ2) is 5.72. The van der Waals surface area contributed by atoms with E-state index in [0.717, 1.165) is 28.2 Å².